The van der Waals surface area contributed by atoms with Gasteiger partial charge in [-0.2, -0.15) is 0 Å². The van der Waals surface area contributed by atoms with Gasteiger partial charge in [0.15, 0.2) is 0 Å². The monoisotopic (exact) mass is 281 g/mol. The molecule has 0 fully saturated rings. The summed E-state index contributed by atoms with van der Waals surface area (Å²) < 4.78 is 0. The molecule has 0 aliphatic carbocycles. The Balaban J connectivity index is 2.82. The molecule has 1 aromatic rings. The molecule has 19 heavy (non-hydrogen) atoms. The van der Waals surface area contributed by atoms with Crippen LogP contribution in [0.2, 0.25) is 0 Å². The van der Waals surface area contributed by atoms with Crippen LogP contribution in [0, 0.1) is 0 Å². The van der Waals surface area contributed by atoms with Crippen molar-refractivity contribution in [1.29, 1.82) is 0 Å². The minimum atomic E-state index is -0.794. The van der Waals surface area contributed by atoms with Crippen LogP contribution in [0.1, 0.15) is 6.92 Å². The summed E-state index contributed by atoms with van der Waals surface area (Å²) in [6, 6.07) is 6.10. The van der Waals surface area contributed by atoms with E-state index in [4.69, 9.17) is 5.73 Å². The third-order valence-electron chi connectivity index (χ3n) is 2.32. The van der Waals surface area contributed by atoms with Crippen molar-refractivity contribution in [2.45, 2.75) is 6.92 Å². The van der Waals surface area contributed by atoms with Gasteiger partial charge in [-0.05, 0) is 19.1 Å². The molecule has 7 heteroatoms. The van der Waals surface area contributed by atoms with Crippen LogP contribution in [0.3, 0.4) is 0 Å². The van der Waals surface area contributed by atoms with Crippen LogP contribution in [0.5, 0.6) is 5.75 Å². The Morgan fingerprint density at radius 2 is 2.16 bits per heavy atom. The van der Waals surface area contributed by atoms with Gasteiger partial charge in [-0.1, -0.05) is 18.3 Å². The van der Waals surface area contributed by atoms with Crippen molar-refractivity contribution in [3.05, 3.63) is 24.3 Å². The van der Waals surface area contributed by atoms with Gasteiger partial charge >= 0.3 is 11.8 Å². The van der Waals surface area contributed by atoms with E-state index in [1.54, 1.807) is 19.1 Å². The van der Waals surface area contributed by atoms with Crippen LogP contribution in [0.15, 0.2) is 24.3 Å². The second-order valence-corrected chi connectivity index (χ2v) is 4.24. The second kappa shape index (κ2) is 6.69. The van der Waals surface area contributed by atoms with E-state index in [2.05, 4.69) is 17.5 Å². The highest BCUT2D eigenvalue weighted by Gasteiger charge is 2.21. The first-order chi connectivity index (χ1) is 8.95. The van der Waals surface area contributed by atoms with Gasteiger partial charge in [-0.3, -0.25) is 9.59 Å². The first kappa shape index (κ1) is 14.9. The number of nitrogens with one attached hydrogen (secondary N) is 1. The summed E-state index contributed by atoms with van der Waals surface area (Å²) in [5.74, 6) is -1.50. The van der Waals surface area contributed by atoms with Crippen molar-refractivity contribution in [2.75, 3.05) is 18.0 Å². The Kier molecular flexibility index (Phi) is 5.25. The zero-order valence-electron chi connectivity index (χ0n) is 10.4. The number of rotatable bonds is 4. The van der Waals surface area contributed by atoms with Gasteiger partial charge in [-0.15, -0.1) is 0 Å². The lowest BCUT2D eigenvalue weighted by Crippen LogP contribution is -2.45. The number of likely N-dealkylation sites (N-methyl/N-ethyl adjacent to an activating group) is 1. The quantitative estimate of drug-likeness (QED) is 0.539. The average Bonchev–Trinajstić information content (AvgIpc) is 2.36. The average molecular weight is 281 g/mol. The summed E-state index contributed by atoms with van der Waals surface area (Å²) >= 11 is 4.61. The first-order valence-corrected chi connectivity index (χ1v) is 6.03. The number of hydrogen-bond acceptors (Lipinski definition) is 4. The lowest BCUT2D eigenvalue weighted by molar-refractivity contribution is -0.137. The summed E-state index contributed by atoms with van der Waals surface area (Å²) in [6.07, 6.45) is 0. The SMILES string of the molecule is CCN(C(=O)C(=O)NCC(N)=S)c1cccc(O)c1. The predicted molar refractivity (Wildman–Crippen MR) is 75.9 cm³/mol. The highest BCUT2D eigenvalue weighted by Crippen LogP contribution is 2.19. The third kappa shape index (κ3) is 4.22. The summed E-state index contributed by atoms with van der Waals surface area (Å²) in [6.45, 7) is 1.99. The van der Waals surface area contributed by atoms with E-state index in [-0.39, 0.29) is 17.3 Å². The highest BCUT2D eigenvalue weighted by molar-refractivity contribution is 7.80. The van der Waals surface area contributed by atoms with Gasteiger partial charge in [0, 0.05) is 18.3 Å². The van der Waals surface area contributed by atoms with Crippen LogP contribution in [-0.4, -0.2) is 35.0 Å². The van der Waals surface area contributed by atoms with Crippen molar-refractivity contribution in [3.63, 3.8) is 0 Å². The van der Waals surface area contributed by atoms with Crippen LogP contribution < -0.4 is 16.0 Å². The van der Waals surface area contributed by atoms with E-state index in [9.17, 15) is 14.7 Å². The van der Waals surface area contributed by atoms with E-state index >= 15 is 0 Å². The van der Waals surface area contributed by atoms with Crippen molar-refractivity contribution in [2.24, 2.45) is 5.73 Å². The molecule has 6 nitrogen and oxygen atoms in total. The Labute approximate surface area is 116 Å². The number of nitrogens with zero attached hydrogens (tertiary/aromatic N) is 1. The molecule has 0 unspecified atom stereocenters. The van der Waals surface area contributed by atoms with Gasteiger partial charge in [0.2, 0.25) is 0 Å². The molecule has 0 aliphatic heterocycles. The van der Waals surface area contributed by atoms with E-state index in [1.807, 2.05) is 0 Å². The first-order valence-electron chi connectivity index (χ1n) is 5.62. The molecule has 102 valence electrons. The maximum Gasteiger partial charge on any atom is 0.316 e. The minimum Gasteiger partial charge on any atom is -0.508 e. The number of phenols is 1. The largest absolute Gasteiger partial charge is 0.508 e. The number of aromatic hydroxyl groups is 1. The molecule has 0 atom stereocenters. The molecule has 0 bridgehead atoms. The molecule has 0 spiro atoms. The topological polar surface area (TPSA) is 95.7 Å². The number of carbonyl (C=O) groups excluding carboxylic acids is 2. The van der Waals surface area contributed by atoms with Crippen LogP contribution in [-0.2, 0) is 9.59 Å². The predicted octanol–water partition coefficient (Wildman–Crippen LogP) is 0.147. The molecular weight excluding hydrogens is 266 g/mol. The number of nitrogens with two attached hydrogens (primary N) is 1. The number of thiocarbonyl (C=S) groups is 1. The molecule has 0 saturated carbocycles. The fourth-order valence-electron chi connectivity index (χ4n) is 1.47. The fourth-order valence-corrected chi connectivity index (χ4v) is 1.54. The molecule has 0 saturated heterocycles. The van der Waals surface area contributed by atoms with Gasteiger partial charge in [-0.25, -0.2) is 0 Å². The lowest BCUT2D eigenvalue weighted by atomic mass is 10.2. The van der Waals surface area contributed by atoms with Crippen molar-refractivity contribution in [3.8, 4) is 5.75 Å². The molecule has 0 aliphatic rings. The second-order valence-electron chi connectivity index (χ2n) is 3.72. The number of phenolic OH excluding ortho intramolecular Hbond substituents is 1. The molecule has 2 amide bonds. The van der Waals surface area contributed by atoms with Crippen LogP contribution in [0.25, 0.3) is 0 Å². The molecule has 0 radical (unpaired) electrons. The molecule has 0 aromatic heterocycles. The number of amides is 2. The van der Waals surface area contributed by atoms with Crippen LogP contribution in [0.4, 0.5) is 5.69 Å². The number of benzene rings is 1. The maximum absolute atomic E-state index is 11.9. The zero-order chi connectivity index (χ0) is 14.4. The standard InChI is InChI=1S/C12H15N3O3S/c1-2-15(8-4-3-5-9(16)6-8)12(18)11(17)14-7-10(13)19/h3-6,16H,2,7H2,1H3,(H2,13,19)(H,14,17). The maximum atomic E-state index is 11.9. The van der Waals surface area contributed by atoms with Crippen molar-refractivity contribution in [1.82, 2.24) is 5.32 Å². The van der Waals surface area contributed by atoms with Crippen molar-refractivity contribution >= 4 is 34.7 Å². The fraction of sp³-hybridized carbons (Fsp3) is 0.250. The highest BCUT2D eigenvalue weighted by atomic mass is 32.1. The molecule has 1 aromatic carbocycles. The Morgan fingerprint density at radius 3 is 2.68 bits per heavy atom. The van der Waals surface area contributed by atoms with Gasteiger partial charge in [0.1, 0.15) is 5.75 Å². The van der Waals surface area contributed by atoms with Gasteiger partial charge in [0.05, 0.1) is 11.5 Å². The normalized spacial score (nSPS) is 9.74. The number of anilines is 1. The molecule has 1 rings (SSSR count). The Bertz CT molecular complexity index is 505. The zero-order valence-corrected chi connectivity index (χ0v) is 11.2. The van der Waals surface area contributed by atoms with E-state index in [0.29, 0.717) is 12.2 Å². The third-order valence-corrected chi connectivity index (χ3v) is 2.46. The summed E-state index contributed by atoms with van der Waals surface area (Å²) in [5.41, 5.74) is 5.68. The summed E-state index contributed by atoms with van der Waals surface area (Å²) in [5, 5.41) is 11.7. The number of carbonyl (C=O) groups is 2. The Morgan fingerprint density at radius 1 is 1.47 bits per heavy atom. The Hall–Kier alpha value is -2.15. The smallest absolute Gasteiger partial charge is 0.316 e. The number of hydrogen-bond donors (Lipinski definition) is 3. The van der Waals surface area contributed by atoms with E-state index < -0.39 is 11.8 Å². The lowest BCUT2D eigenvalue weighted by Gasteiger charge is -2.20. The van der Waals surface area contributed by atoms with E-state index in [0.717, 1.165) is 0 Å². The molecular formula is C12H15N3O3S. The summed E-state index contributed by atoms with van der Waals surface area (Å²) in [7, 11) is 0. The van der Waals surface area contributed by atoms with Gasteiger partial charge in [0.25, 0.3) is 0 Å². The molecule has 4 N–H and O–H groups in total. The van der Waals surface area contributed by atoms with Gasteiger partial charge < -0.3 is 21.1 Å². The summed E-state index contributed by atoms with van der Waals surface area (Å²) in [4.78, 5) is 24.9. The van der Waals surface area contributed by atoms with Crippen molar-refractivity contribution < 1.29 is 14.7 Å². The minimum absolute atomic E-state index is 0.0206. The van der Waals surface area contributed by atoms with E-state index in [1.165, 1.54) is 17.0 Å². The molecule has 0 heterocycles. The van der Waals surface area contributed by atoms with Crippen LogP contribution >= 0.6 is 12.2 Å².